The van der Waals surface area contributed by atoms with Crippen molar-refractivity contribution in [1.82, 2.24) is 9.97 Å². The number of nitrogens with two attached hydrogens (primary N) is 2. The summed E-state index contributed by atoms with van der Waals surface area (Å²) >= 11 is 1.28. The van der Waals surface area contributed by atoms with Crippen molar-refractivity contribution in [3.63, 3.8) is 0 Å². The third-order valence-electron chi connectivity index (χ3n) is 5.06. The number of amides is 1. The molecule has 170 valence electrons. The molecule has 2 aromatic heterocycles. The van der Waals surface area contributed by atoms with Gasteiger partial charge in [-0.1, -0.05) is 35.6 Å². The second-order valence-corrected chi connectivity index (χ2v) is 8.54. The molecular weight excluding hydrogens is 451 g/mol. The molecule has 0 unspecified atom stereocenters. The predicted octanol–water partition coefficient (Wildman–Crippen LogP) is 4.46. The summed E-state index contributed by atoms with van der Waals surface area (Å²) in [6, 6.07) is 12.2. The molecule has 4 rings (SSSR count). The Morgan fingerprint density at radius 3 is 2.55 bits per heavy atom. The number of carbonyl (C=O) groups excluding carboxylic acids is 1. The Morgan fingerprint density at radius 1 is 1.09 bits per heavy atom. The molecule has 1 atom stereocenters. The Morgan fingerprint density at radius 2 is 1.85 bits per heavy atom. The van der Waals surface area contributed by atoms with Crippen LogP contribution >= 0.6 is 11.3 Å². The summed E-state index contributed by atoms with van der Waals surface area (Å²) in [5, 5.41) is 5.53. The van der Waals surface area contributed by atoms with Crippen molar-refractivity contribution in [3.8, 4) is 10.4 Å². The first-order chi connectivity index (χ1) is 15.7. The van der Waals surface area contributed by atoms with E-state index in [1.54, 1.807) is 12.4 Å². The zero-order chi connectivity index (χ0) is 23.6. The van der Waals surface area contributed by atoms with Crippen LogP contribution in [-0.2, 0) is 12.6 Å². The number of pyridine rings is 1. The standard InChI is InChI=1S/C23H20F3N5OS/c24-23(25,26)17-5-1-13(2-6-17)9-18(27)12-30-22-31-19(21(28)32)20(33-22)15-3-4-16-11-29-8-7-14(16)10-15/h1-8,10-11,18H,9,12,27H2,(H2,28,32)(H,30,31)/t18-/m1/s1. The first-order valence-electron chi connectivity index (χ1n) is 10.0. The van der Waals surface area contributed by atoms with Crippen LogP contribution in [0.3, 0.4) is 0 Å². The molecule has 10 heteroatoms. The summed E-state index contributed by atoms with van der Waals surface area (Å²) in [4.78, 5) is 21.0. The van der Waals surface area contributed by atoms with Crippen LogP contribution in [0, 0.1) is 0 Å². The number of primary amides is 1. The monoisotopic (exact) mass is 471 g/mol. The molecule has 0 aliphatic carbocycles. The molecule has 4 aromatic rings. The number of alkyl halides is 3. The molecule has 0 aliphatic heterocycles. The van der Waals surface area contributed by atoms with Gasteiger partial charge in [0.25, 0.3) is 5.91 Å². The topological polar surface area (TPSA) is 107 Å². The van der Waals surface area contributed by atoms with Crippen molar-refractivity contribution < 1.29 is 18.0 Å². The van der Waals surface area contributed by atoms with Crippen LogP contribution in [0.2, 0.25) is 0 Å². The van der Waals surface area contributed by atoms with Gasteiger partial charge < -0.3 is 16.8 Å². The highest BCUT2D eigenvalue weighted by atomic mass is 32.1. The molecule has 1 amide bonds. The summed E-state index contributed by atoms with van der Waals surface area (Å²) in [7, 11) is 0. The number of nitrogens with zero attached hydrogens (tertiary/aromatic N) is 2. The van der Waals surface area contributed by atoms with E-state index in [9.17, 15) is 18.0 Å². The van der Waals surface area contributed by atoms with E-state index in [1.165, 1.54) is 23.5 Å². The Balaban J connectivity index is 1.46. The fraction of sp³-hybridized carbons (Fsp3) is 0.174. The molecule has 0 radical (unpaired) electrons. The van der Waals surface area contributed by atoms with Gasteiger partial charge in [0.05, 0.1) is 10.4 Å². The highest BCUT2D eigenvalue weighted by Crippen LogP contribution is 2.34. The Bertz CT molecular complexity index is 1290. The number of halogens is 3. The Labute approximate surface area is 191 Å². The number of benzene rings is 2. The zero-order valence-electron chi connectivity index (χ0n) is 17.3. The van der Waals surface area contributed by atoms with Crippen molar-refractivity contribution >= 4 is 33.1 Å². The van der Waals surface area contributed by atoms with Gasteiger partial charge in [0.1, 0.15) is 5.69 Å². The number of aromatic nitrogens is 2. The molecular formula is C23H20F3N5OS. The molecule has 0 saturated carbocycles. The highest BCUT2D eigenvalue weighted by Gasteiger charge is 2.30. The quantitative estimate of drug-likeness (QED) is 0.369. The number of nitrogens with one attached hydrogen (secondary N) is 1. The van der Waals surface area contributed by atoms with Crippen LogP contribution in [-0.4, -0.2) is 28.5 Å². The Kier molecular flexibility index (Phi) is 6.30. The van der Waals surface area contributed by atoms with Crippen LogP contribution in [0.25, 0.3) is 21.2 Å². The zero-order valence-corrected chi connectivity index (χ0v) is 18.1. The number of thiazole rings is 1. The van der Waals surface area contributed by atoms with Gasteiger partial charge in [-0.25, -0.2) is 4.98 Å². The first kappa shape index (κ1) is 22.7. The predicted molar refractivity (Wildman–Crippen MR) is 123 cm³/mol. The summed E-state index contributed by atoms with van der Waals surface area (Å²) in [6.45, 7) is 0.315. The summed E-state index contributed by atoms with van der Waals surface area (Å²) in [6.07, 6.45) is -0.541. The molecule has 0 aliphatic rings. The largest absolute Gasteiger partial charge is 0.416 e. The number of carbonyl (C=O) groups is 1. The van der Waals surface area contributed by atoms with Gasteiger partial charge in [-0.05, 0) is 47.2 Å². The average Bonchev–Trinajstić information content (AvgIpc) is 3.22. The van der Waals surface area contributed by atoms with Crippen LogP contribution in [0.5, 0.6) is 0 Å². The van der Waals surface area contributed by atoms with E-state index >= 15 is 0 Å². The molecule has 0 fully saturated rings. The number of anilines is 1. The SMILES string of the molecule is NC(=O)c1nc(NC[C@H](N)Cc2ccc(C(F)(F)F)cc2)sc1-c1ccc2cnccc2c1. The van der Waals surface area contributed by atoms with Gasteiger partial charge in [-0.15, -0.1) is 0 Å². The highest BCUT2D eigenvalue weighted by molar-refractivity contribution is 7.19. The molecule has 33 heavy (non-hydrogen) atoms. The third-order valence-corrected chi connectivity index (χ3v) is 6.12. The lowest BCUT2D eigenvalue weighted by atomic mass is 10.0. The van der Waals surface area contributed by atoms with Crippen LogP contribution in [0.4, 0.5) is 18.3 Å². The maximum Gasteiger partial charge on any atom is 0.416 e. The molecule has 0 spiro atoms. The van der Waals surface area contributed by atoms with E-state index in [0.717, 1.165) is 28.5 Å². The molecule has 5 N–H and O–H groups in total. The number of hydrogen-bond donors (Lipinski definition) is 3. The minimum absolute atomic E-state index is 0.159. The fourth-order valence-corrected chi connectivity index (χ4v) is 4.38. The molecule has 0 saturated heterocycles. The molecule has 2 heterocycles. The number of hydrogen-bond acceptors (Lipinski definition) is 6. The second-order valence-electron chi connectivity index (χ2n) is 7.54. The van der Waals surface area contributed by atoms with Crippen molar-refractivity contribution in [2.24, 2.45) is 11.5 Å². The summed E-state index contributed by atoms with van der Waals surface area (Å²) < 4.78 is 38.1. The number of rotatable bonds is 7. The molecule has 6 nitrogen and oxygen atoms in total. The second kappa shape index (κ2) is 9.16. The minimum Gasteiger partial charge on any atom is -0.364 e. The van der Waals surface area contributed by atoms with E-state index in [4.69, 9.17) is 11.5 Å². The fourth-order valence-electron chi connectivity index (χ4n) is 3.41. The molecule has 2 aromatic carbocycles. The van der Waals surface area contributed by atoms with Crippen LogP contribution in [0.1, 0.15) is 21.6 Å². The first-order valence-corrected chi connectivity index (χ1v) is 10.8. The van der Waals surface area contributed by atoms with E-state index in [-0.39, 0.29) is 11.7 Å². The van der Waals surface area contributed by atoms with Gasteiger partial charge in [0, 0.05) is 30.4 Å². The lowest BCUT2D eigenvalue weighted by molar-refractivity contribution is -0.137. The van der Waals surface area contributed by atoms with Crippen LogP contribution < -0.4 is 16.8 Å². The summed E-state index contributed by atoms with van der Waals surface area (Å²) in [5.41, 5.74) is 12.7. The third kappa shape index (κ3) is 5.29. The lowest BCUT2D eigenvalue weighted by Gasteiger charge is -2.13. The van der Waals surface area contributed by atoms with Gasteiger partial charge in [-0.2, -0.15) is 13.2 Å². The van der Waals surface area contributed by atoms with Gasteiger partial charge in [-0.3, -0.25) is 9.78 Å². The lowest BCUT2D eigenvalue weighted by Crippen LogP contribution is -2.31. The smallest absolute Gasteiger partial charge is 0.364 e. The number of fused-ring (bicyclic) bond motifs is 1. The van der Waals surface area contributed by atoms with Gasteiger partial charge in [0.15, 0.2) is 5.13 Å². The maximum absolute atomic E-state index is 12.7. The van der Waals surface area contributed by atoms with E-state index in [2.05, 4.69) is 15.3 Å². The van der Waals surface area contributed by atoms with Crippen molar-refractivity contribution in [2.75, 3.05) is 11.9 Å². The van der Waals surface area contributed by atoms with Crippen LogP contribution in [0.15, 0.2) is 60.9 Å². The van der Waals surface area contributed by atoms with Crippen molar-refractivity contribution in [2.45, 2.75) is 18.6 Å². The summed E-state index contributed by atoms with van der Waals surface area (Å²) in [5.74, 6) is -0.641. The van der Waals surface area contributed by atoms with E-state index in [1.807, 2.05) is 24.3 Å². The average molecular weight is 472 g/mol. The molecule has 0 bridgehead atoms. The van der Waals surface area contributed by atoms with E-state index < -0.39 is 17.6 Å². The van der Waals surface area contributed by atoms with E-state index in [0.29, 0.717) is 28.5 Å². The van der Waals surface area contributed by atoms with Gasteiger partial charge in [0.2, 0.25) is 0 Å². The van der Waals surface area contributed by atoms with Crippen molar-refractivity contribution in [1.29, 1.82) is 0 Å². The van der Waals surface area contributed by atoms with Gasteiger partial charge >= 0.3 is 6.18 Å². The Hall–Kier alpha value is -3.50. The minimum atomic E-state index is -4.37. The normalized spacial score (nSPS) is 12.6. The van der Waals surface area contributed by atoms with Crippen molar-refractivity contribution in [3.05, 3.63) is 77.7 Å². The maximum atomic E-state index is 12.7.